The highest BCUT2D eigenvalue weighted by Crippen LogP contribution is 2.01. The van der Waals surface area contributed by atoms with Crippen LogP contribution in [0.5, 0.6) is 0 Å². The summed E-state index contributed by atoms with van der Waals surface area (Å²) in [5.74, 6) is -0.0551. The fourth-order valence-electron chi connectivity index (χ4n) is 1.13. The summed E-state index contributed by atoms with van der Waals surface area (Å²) in [4.78, 5) is 7.54. The molecule has 0 aliphatic rings. The Hall–Kier alpha value is -1.98. The molecule has 15 heavy (non-hydrogen) atoms. The largest absolute Gasteiger partial charge is 0.348 e. The van der Waals surface area contributed by atoms with Gasteiger partial charge in [-0.1, -0.05) is 0 Å². The van der Waals surface area contributed by atoms with Crippen LogP contribution < -0.4 is 5.32 Å². The molecule has 0 amide bonds. The van der Waals surface area contributed by atoms with Crippen molar-refractivity contribution in [2.24, 2.45) is 7.05 Å². The average molecular weight is 207 g/mol. The van der Waals surface area contributed by atoms with Crippen LogP contribution in [0.1, 0.15) is 5.69 Å². The maximum Gasteiger partial charge on any atom is 0.223 e. The lowest BCUT2D eigenvalue weighted by Crippen LogP contribution is -2.04. The van der Waals surface area contributed by atoms with Crippen molar-refractivity contribution in [3.05, 3.63) is 36.2 Å². The summed E-state index contributed by atoms with van der Waals surface area (Å²) in [6.07, 6.45) is 4.09. The summed E-state index contributed by atoms with van der Waals surface area (Å²) in [7, 11) is 1.85. The molecule has 2 aromatic rings. The van der Waals surface area contributed by atoms with Crippen molar-refractivity contribution in [3.63, 3.8) is 0 Å². The number of rotatable bonds is 3. The number of aryl methyl sites for hydroxylation is 1. The van der Waals surface area contributed by atoms with Crippen molar-refractivity contribution in [2.45, 2.75) is 6.54 Å². The van der Waals surface area contributed by atoms with E-state index in [2.05, 4.69) is 20.4 Å². The van der Waals surface area contributed by atoms with Gasteiger partial charge in [0.05, 0.1) is 24.6 Å². The first kappa shape index (κ1) is 9.57. The van der Waals surface area contributed by atoms with Gasteiger partial charge in [-0.2, -0.15) is 5.10 Å². The van der Waals surface area contributed by atoms with Gasteiger partial charge in [0.25, 0.3) is 0 Å². The normalized spacial score (nSPS) is 10.3. The quantitative estimate of drug-likeness (QED) is 0.814. The monoisotopic (exact) mass is 207 g/mol. The number of hydrogen-bond donors (Lipinski definition) is 1. The molecule has 78 valence electrons. The van der Waals surface area contributed by atoms with E-state index >= 15 is 0 Å². The van der Waals surface area contributed by atoms with Crippen molar-refractivity contribution < 1.29 is 4.39 Å². The zero-order valence-corrected chi connectivity index (χ0v) is 8.18. The highest BCUT2D eigenvalue weighted by molar-refractivity contribution is 5.23. The third-order valence-corrected chi connectivity index (χ3v) is 1.82. The number of hydrogen-bond acceptors (Lipinski definition) is 4. The molecule has 0 fully saturated rings. The van der Waals surface area contributed by atoms with Crippen LogP contribution in [-0.2, 0) is 13.6 Å². The molecule has 0 aromatic carbocycles. The number of aromatic nitrogens is 4. The van der Waals surface area contributed by atoms with Gasteiger partial charge in [-0.25, -0.2) is 14.4 Å². The summed E-state index contributed by atoms with van der Waals surface area (Å²) in [5.41, 5.74) is 0.880. The summed E-state index contributed by atoms with van der Waals surface area (Å²) in [6, 6.07) is 1.89. The lowest BCUT2D eigenvalue weighted by Gasteiger charge is -2.00. The van der Waals surface area contributed by atoms with Crippen molar-refractivity contribution in [2.75, 3.05) is 5.32 Å². The number of anilines is 1. The predicted molar refractivity (Wildman–Crippen MR) is 52.5 cm³/mol. The lowest BCUT2D eigenvalue weighted by atomic mass is 10.4. The topological polar surface area (TPSA) is 55.6 Å². The van der Waals surface area contributed by atoms with Crippen LogP contribution in [0.4, 0.5) is 10.3 Å². The van der Waals surface area contributed by atoms with Gasteiger partial charge in [0, 0.05) is 13.2 Å². The molecule has 1 N–H and O–H groups in total. The van der Waals surface area contributed by atoms with Crippen LogP contribution in [0.3, 0.4) is 0 Å². The summed E-state index contributed by atoms with van der Waals surface area (Å²) in [5, 5.41) is 7.10. The Morgan fingerprint density at radius 1 is 1.40 bits per heavy atom. The van der Waals surface area contributed by atoms with Gasteiger partial charge < -0.3 is 5.32 Å². The standard InChI is InChI=1S/C9H10FN5/c1-15-3-2-8(14-15)6-13-9-11-4-7(10)5-12-9/h2-5H,6H2,1H3,(H,11,12,13). The number of nitrogens with zero attached hydrogens (tertiary/aromatic N) is 4. The minimum Gasteiger partial charge on any atom is -0.348 e. The highest BCUT2D eigenvalue weighted by atomic mass is 19.1. The van der Waals surface area contributed by atoms with Crippen LogP contribution in [0.2, 0.25) is 0 Å². The van der Waals surface area contributed by atoms with Gasteiger partial charge in [-0.3, -0.25) is 4.68 Å². The van der Waals surface area contributed by atoms with Crippen molar-refractivity contribution in [3.8, 4) is 0 Å². The Labute approximate surface area is 86.0 Å². The Kier molecular flexibility index (Phi) is 2.57. The molecule has 0 spiro atoms. The van der Waals surface area contributed by atoms with Crippen LogP contribution in [-0.4, -0.2) is 19.7 Å². The molecule has 0 bridgehead atoms. The van der Waals surface area contributed by atoms with E-state index in [9.17, 15) is 4.39 Å². The van der Waals surface area contributed by atoms with Gasteiger partial charge in [0.1, 0.15) is 0 Å². The third kappa shape index (κ3) is 2.49. The molecule has 0 radical (unpaired) electrons. The van der Waals surface area contributed by atoms with E-state index in [1.54, 1.807) is 4.68 Å². The Morgan fingerprint density at radius 2 is 2.13 bits per heavy atom. The Morgan fingerprint density at radius 3 is 2.73 bits per heavy atom. The van der Waals surface area contributed by atoms with Crippen LogP contribution in [0.25, 0.3) is 0 Å². The molecule has 5 nitrogen and oxygen atoms in total. The Balaban J connectivity index is 1.96. The summed E-state index contributed by atoms with van der Waals surface area (Å²) >= 11 is 0. The van der Waals surface area contributed by atoms with Crippen molar-refractivity contribution in [1.82, 2.24) is 19.7 Å². The molecule has 0 saturated heterocycles. The van der Waals surface area contributed by atoms with Crippen LogP contribution in [0, 0.1) is 5.82 Å². The molecule has 0 unspecified atom stereocenters. The van der Waals surface area contributed by atoms with Crippen molar-refractivity contribution in [1.29, 1.82) is 0 Å². The van der Waals surface area contributed by atoms with Gasteiger partial charge in [0.2, 0.25) is 5.95 Å². The summed E-state index contributed by atoms with van der Waals surface area (Å²) < 4.78 is 14.2. The second kappa shape index (κ2) is 4.04. The van der Waals surface area contributed by atoms with Crippen LogP contribution in [0.15, 0.2) is 24.7 Å². The maximum absolute atomic E-state index is 12.5. The first-order valence-electron chi connectivity index (χ1n) is 4.44. The highest BCUT2D eigenvalue weighted by Gasteiger charge is 1.99. The average Bonchev–Trinajstić information content (AvgIpc) is 2.64. The lowest BCUT2D eigenvalue weighted by molar-refractivity contribution is 0.614. The molecule has 2 aromatic heterocycles. The van der Waals surface area contributed by atoms with E-state index in [0.717, 1.165) is 18.1 Å². The minimum absolute atomic E-state index is 0.391. The van der Waals surface area contributed by atoms with Crippen molar-refractivity contribution >= 4 is 5.95 Å². The smallest absolute Gasteiger partial charge is 0.223 e. The number of nitrogens with one attached hydrogen (secondary N) is 1. The molecule has 0 aliphatic heterocycles. The SMILES string of the molecule is Cn1ccc(CNc2ncc(F)cn2)n1. The maximum atomic E-state index is 12.5. The fraction of sp³-hybridized carbons (Fsp3) is 0.222. The van der Waals surface area contributed by atoms with E-state index < -0.39 is 5.82 Å². The minimum atomic E-state index is -0.446. The van der Waals surface area contributed by atoms with E-state index in [1.807, 2.05) is 19.3 Å². The molecular weight excluding hydrogens is 197 g/mol. The first-order chi connectivity index (χ1) is 7.24. The molecule has 0 saturated carbocycles. The van der Waals surface area contributed by atoms with E-state index in [-0.39, 0.29) is 0 Å². The molecule has 2 rings (SSSR count). The fourth-order valence-corrected chi connectivity index (χ4v) is 1.13. The van der Waals surface area contributed by atoms with E-state index in [4.69, 9.17) is 0 Å². The Bertz CT molecular complexity index is 436. The molecule has 2 heterocycles. The molecule has 0 aliphatic carbocycles. The molecule has 0 atom stereocenters. The second-order valence-corrected chi connectivity index (χ2v) is 3.06. The zero-order chi connectivity index (χ0) is 10.7. The van der Waals surface area contributed by atoms with Gasteiger partial charge in [0.15, 0.2) is 5.82 Å². The van der Waals surface area contributed by atoms with Crippen LogP contribution >= 0.6 is 0 Å². The first-order valence-corrected chi connectivity index (χ1v) is 4.44. The van der Waals surface area contributed by atoms with Gasteiger partial charge >= 0.3 is 0 Å². The van der Waals surface area contributed by atoms with Gasteiger partial charge in [-0.15, -0.1) is 0 Å². The van der Waals surface area contributed by atoms with Gasteiger partial charge in [-0.05, 0) is 6.07 Å². The molecular formula is C9H10FN5. The predicted octanol–water partition coefficient (Wildman–Crippen LogP) is 0.961. The zero-order valence-electron chi connectivity index (χ0n) is 8.18. The second-order valence-electron chi connectivity index (χ2n) is 3.06. The molecule has 6 heteroatoms. The third-order valence-electron chi connectivity index (χ3n) is 1.82. The van der Waals surface area contributed by atoms with E-state index in [1.165, 1.54) is 0 Å². The number of halogens is 1. The van der Waals surface area contributed by atoms with E-state index in [0.29, 0.717) is 12.5 Å². The summed E-state index contributed by atoms with van der Waals surface area (Å²) in [6.45, 7) is 0.520.